The lowest BCUT2D eigenvalue weighted by molar-refractivity contribution is -0.127. The number of amides is 3. The third-order valence-electron chi connectivity index (χ3n) is 5.01. The lowest BCUT2D eigenvalue weighted by Gasteiger charge is -2.12. The van der Waals surface area contributed by atoms with E-state index in [1.54, 1.807) is 60.7 Å². The number of halogens is 1. The quantitative estimate of drug-likeness (QED) is 0.169. The molecule has 0 aromatic heterocycles. The van der Waals surface area contributed by atoms with E-state index in [2.05, 4.69) is 27.9 Å². The van der Waals surface area contributed by atoms with Gasteiger partial charge in [-0.15, -0.1) is 0 Å². The second-order valence-corrected chi connectivity index (χ2v) is 9.62. The number of hydrogen-bond donors (Lipinski definition) is 1. The van der Waals surface area contributed by atoms with Gasteiger partial charge >= 0.3 is 5.97 Å². The van der Waals surface area contributed by atoms with Crippen molar-refractivity contribution in [3.63, 3.8) is 0 Å². The zero-order chi connectivity index (χ0) is 25.7. The van der Waals surface area contributed by atoms with Gasteiger partial charge in [0, 0.05) is 9.26 Å². The highest BCUT2D eigenvalue weighted by Gasteiger charge is 2.36. The number of esters is 1. The van der Waals surface area contributed by atoms with E-state index < -0.39 is 29.6 Å². The van der Waals surface area contributed by atoms with Crippen LogP contribution < -0.4 is 14.8 Å². The average Bonchev–Trinajstić information content (AvgIpc) is 3.12. The van der Waals surface area contributed by atoms with Crippen LogP contribution in [-0.4, -0.2) is 41.6 Å². The zero-order valence-corrected chi connectivity index (χ0v) is 21.9. The number of carbonyl (C=O) groups excluding carboxylic acids is 4. The van der Waals surface area contributed by atoms with Gasteiger partial charge < -0.3 is 14.8 Å². The monoisotopic (exact) mass is 614 g/mol. The van der Waals surface area contributed by atoms with E-state index in [9.17, 15) is 19.2 Å². The number of thioether (sulfide) groups is 1. The Labute approximate surface area is 224 Å². The van der Waals surface area contributed by atoms with Gasteiger partial charge in [-0.1, -0.05) is 36.4 Å². The Bertz CT molecular complexity index is 1380. The Morgan fingerprint density at radius 1 is 1.00 bits per heavy atom. The molecule has 182 valence electrons. The molecular formula is C26H19IN2O6S. The molecule has 0 unspecified atom stereocenters. The number of nitrogens with zero attached hydrogens (tertiary/aromatic N) is 1. The minimum absolute atomic E-state index is 0.165. The zero-order valence-electron chi connectivity index (χ0n) is 18.9. The van der Waals surface area contributed by atoms with Gasteiger partial charge in [-0.05, 0) is 82.4 Å². The molecule has 3 aromatic carbocycles. The first-order valence-electron chi connectivity index (χ1n) is 10.6. The van der Waals surface area contributed by atoms with E-state index in [0.29, 0.717) is 16.8 Å². The van der Waals surface area contributed by atoms with Crippen molar-refractivity contribution >= 4 is 69.1 Å². The molecular weight excluding hydrogens is 595 g/mol. The van der Waals surface area contributed by atoms with E-state index >= 15 is 0 Å². The van der Waals surface area contributed by atoms with Gasteiger partial charge in [-0.3, -0.25) is 19.3 Å². The van der Waals surface area contributed by atoms with Crippen molar-refractivity contribution in [2.45, 2.75) is 0 Å². The Morgan fingerprint density at radius 3 is 2.44 bits per heavy atom. The molecule has 0 atom stereocenters. The van der Waals surface area contributed by atoms with Gasteiger partial charge in [0.1, 0.15) is 6.54 Å². The average molecular weight is 614 g/mol. The standard InChI is InChI=1S/C26H19IN2O6S/c1-34-21-13-16(11-12-20(21)35-25(32)18-9-5-6-10-19(18)27)14-22-24(31)29(26(33)36-22)15-23(30)28-17-7-3-2-4-8-17/h2-14H,15H2,1H3,(H,28,30)/b22-14-. The number of ether oxygens (including phenoxy) is 2. The van der Waals surface area contributed by atoms with Crippen LogP contribution in [0.25, 0.3) is 6.08 Å². The highest BCUT2D eigenvalue weighted by molar-refractivity contribution is 14.1. The molecule has 0 spiro atoms. The molecule has 0 aliphatic carbocycles. The second kappa shape index (κ2) is 11.4. The summed E-state index contributed by atoms with van der Waals surface area (Å²) in [6, 6.07) is 20.6. The fraction of sp³-hybridized carbons (Fsp3) is 0.0769. The van der Waals surface area contributed by atoms with E-state index in [1.165, 1.54) is 13.2 Å². The maximum atomic E-state index is 12.8. The van der Waals surface area contributed by atoms with Crippen molar-refractivity contribution in [3.05, 3.63) is 92.4 Å². The topological polar surface area (TPSA) is 102 Å². The number of hydrogen-bond acceptors (Lipinski definition) is 7. The van der Waals surface area contributed by atoms with E-state index in [4.69, 9.17) is 9.47 Å². The van der Waals surface area contributed by atoms with E-state index in [0.717, 1.165) is 20.2 Å². The Balaban J connectivity index is 1.47. The number of para-hydroxylation sites is 1. The minimum atomic E-state index is -0.568. The van der Waals surface area contributed by atoms with E-state index in [1.807, 2.05) is 12.1 Å². The van der Waals surface area contributed by atoms with Gasteiger partial charge in [0.2, 0.25) is 5.91 Å². The van der Waals surface area contributed by atoms with Gasteiger partial charge in [0.25, 0.3) is 11.1 Å². The molecule has 1 fully saturated rings. The number of nitrogens with one attached hydrogen (secondary N) is 1. The Kier molecular flexibility index (Phi) is 8.06. The minimum Gasteiger partial charge on any atom is -0.493 e. The molecule has 1 N–H and O–H groups in total. The highest BCUT2D eigenvalue weighted by atomic mass is 127. The molecule has 3 aromatic rings. The van der Waals surface area contributed by atoms with Crippen molar-refractivity contribution < 1.29 is 28.7 Å². The summed E-state index contributed by atoms with van der Waals surface area (Å²) in [5, 5.41) is 2.12. The van der Waals surface area contributed by atoms with Crippen LogP contribution in [0.2, 0.25) is 0 Å². The van der Waals surface area contributed by atoms with Crippen molar-refractivity contribution in [2.24, 2.45) is 0 Å². The fourth-order valence-corrected chi connectivity index (χ4v) is 4.74. The van der Waals surface area contributed by atoms with Crippen molar-refractivity contribution in [1.82, 2.24) is 4.90 Å². The summed E-state index contributed by atoms with van der Waals surface area (Å²) < 4.78 is 11.6. The number of anilines is 1. The molecule has 10 heteroatoms. The summed E-state index contributed by atoms with van der Waals surface area (Å²) in [4.78, 5) is 51.1. The molecule has 1 saturated heterocycles. The summed E-state index contributed by atoms with van der Waals surface area (Å²) in [6.45, 7) is -0.395. The molecule has 1 aliphatic rings. The largest absolute Gasteiger partial charge is 0.493 e. The number of benzene rings is 3. The Morgan fingerprint density at radius 2 is 1.72 bits per heavy atom. The van der Waals surface area contributed by atoms with Crippen LogP contribution in [0.3, 0.4) is 0 Å². The molecule has 0 saturated carbocycles. The SMILES string of the molecule is COc1cc(/C=C2\SC(=O)N(CC(=O)Nc3ccccc3)C2=O)ccc1OC(=O)c1ccccc1I. The first kappa shape index (κ1) is 25.5. The molecule has 4 rings (SSSR count). The van der Waals surface area contributed by atoms with Gasteiger partial charge in [0.05, 0.1) is 17.6 Å². The predicted molar refractivity (Wildman–Crippen MR) is 145 cm³/mol. The number of imide groups is 1. The Hall–Kier alpha value is -3.64. The number of rotatable bonds is 7. The predicted octanol–water partition coefficient (Wildman–Crippen LogP) is 5.19. The molecule has 1 aliphatic heterocycles. The van der Waals surface area contributed by atoms with Crippen LogP contribution in [0.4, 0.5) is 10.5 Å². The van der Waals surface area contributed by atoms with Crippen molar-refractivity contribution in [1.29, 1.82) is 0 Å². The normalized spacial score (nSPS) is 14.2. The van der Waals surface area contributed by atoms with Gasteiger partial charge in [0.15, 0.2) is 11.5 Å². The maximum Gasteiger partial charge on any atom is 0.344 e. The molecule has 8 nitrogen and oxygen atoms in total. The first-order valence-corrected chi connectivity index (χ1v) is 12.5. The summed E-state index contributed by atoms with van der Waals surface area (Å²) in [6.07, 6.45) is 1.52. The summed E-state index contributed by atoms with van der Waals surface area (Å²) in [5.41, 5.74) is 1.55. The second-order valence-electron chi connectivity index (χ2n) is 7.46. The van der Waals surface area contributed by atoms with Crippen LogP contribution in [0.15, 0.2) is 77.7 Å². The molecule has 1 heterocycles. The first-order chi connectivity index (χ1) is 17.4. The van der Waals surface area contributed by atoms with Crippen LogP contribution in [-0.2, 0) is 9.59 Å². The third kappa shape index (κ3) is 5.94. The van der Waals surface area contributed by atoms with Crippen molar-refractivity contribution in [2.75, 3.05) is 19.0 Å². The van der Waals surface area contributed by atoms with Crippen LogP contribution in [0.5, 0.6) is 11.5 Å². The summed E-state index contributed by atoms with van der Waals surface area (Å²) >= 11 is 2.80. The van der Waals surface area contributed by atoms with Gasteiger partial charge in [-0.2, -0.15) is 0 Å². The van der Waals surface area contributed by atoms with Crippen LogP contribution in [0, 0.1) is 3.57 Å². The highest BCUT2D eigenvalue weighted by Crippen LogP contribution is 2.35. The molecule has 3 amide bonds. The van der Waals surface area contributed by atoms with Gasteiger partial charge in [-0.25, -0.2) is 4.79 Å². The smallest absolute Gasteiger partial charge is 0.344 e. The lowest BCUT2D eigenvalue weighted by atomic mass is 10.1. The maximum absolute atomic E-state index is 12.8. The van der Waals surface area contributed by atoms with E-state index in [-0.39, 0.29) is 16.4 Å². The molecule has 0 bridgehead atoms. The lowest BCUT2D eigenvalue weighted by Crippen LogP contribution is -2.36. The number of methoxy groups -OCH3 is 1. The van der Waals surface area contributed by atoms with Crippen molar-refractivity contribution in [3.8, 4) is 11.5 Å². The summed E-state index contributed by atoms with van der Waals surface area (Å²) in [5.74, 6) is -1.08. The fourth-order valence-electron chi connectivity index (χ4n) is 3.29. The van der Waals surface area contributed by atoms with Crippen LogP contribution >= 0.6 is 34.4 Å². The summed E-state index contributed by atoms with van der Waals surface area (Å²) in [7, 11) is 1.43. The third-order valence-corrected chi connectivity index (χ3v) is 6.86. The molecule has 36 heavy (non-hydrogen) atoms. The molecule has 0 radical (unpaired) electrons. The van der Waals surface area contributed by atoms with Crippen LogP contribution in [0.1, 0.15) is 15.9 Å². The number of carbonyl (C=O) groups is 4.